The van der Waals surface area contributed by atoms with Crippen molar-refractivity contribution in [1.29, 1.82) is 0 Å². The molecule has 2 unspecified atom stereocenters. The van der Waals surface area contributed by atoms with Gasteiger partial charge in [-0.05, 0) is 54.7 Å². The molecule has 0 saturated carbocycles. The summed E-state index contributed by atoms with van der Waals surface area (Å²) in [5.74, 6) is 7.55. The fraction of sp³-hybridized carbons (Fsp3) is 0.692. The van der Waals surface area contributed by atoms with E-state index < -0.39 is 0 Å². The first-order valence-corrected chi connectivity index (χ1v) is 7.92. The molecule has 0 spiro atoms. The Morgan fingerprint density at radius 1 is 1.40 bits per heavy atom. The molecular weight excluding hydrogens is 320 g/mol. The minimum absolute atomic E-state index is 0.464. The van der Waals surface area contributed by atoms with Crippen molar-refractivity contribution in [3.63, 3.8) is 0 Å². The first kappa shape index (κ1) is 14.0. The van der Waals surface area contributed by atoms with E-state index in [-0.39, 0.29) is 0 Å². The summed E-state index contributed by atoms with van der Waals surface area (Å²) in [6.07, 6.45) is 5.57. The molecule has 2 aliphatic rings. The van der Waals surface area contributed by atoms with Crippen LogP contribution in [0.3, 0.4) is 0 Å². The minimum Gasteiger partial charge on any atom is -0.355 e. The van der Waals surface area contributed by atoms with Gasteiger partial charge in [0.15, 0.2) is 0 Å². The summed E-state index contributed by atoms with van der Waals surface area (Å²) in [4.78, 5) is 13.5. The van der Waals surface area contributed by atoms with Gasteiger partial charge in [0.05, 0.1) is 4.47 Å². The third-order valence-electron chi connectivity index (χ3n) is 4.50. The highest BCUT2D eigenvalue weighted by Crippen LogP contribution is 2.33. The molecule has 3 rings (SSSR count). The van der Waals surface area contributed by atoms with Crippen LogP contribution in [0, 0.1) is 5.92 Å². The predicted octanol–water partition coefficient (Wildman–Crippen LogP) is 1.45. The van der Waals surface area contributed by atoms with Gasteiger partial charge in [0.2, 0.25) is 5.95 Å². The van der Waals surface area contributed by atoms with Crippen LogP contribution in [0.2, 0.25) is 0 Å². The number of fused-ring (bicyclic) bond motifs is 1. The van der Waals surface area contributed by atoms with Crippen molar-refractivity contribution in [2.24, 2.45) is 11.8 Å². The number of nitrogens with zero attached hydrogens (tertiary/aromatic N) is 4. The number of nitrogens with two attached hydrogens (primary N) is 1. The van der Waals surface area contributed by atoms with Gasteiger partial charge in [0, 0.05) is 25.3 Å². The number of hydrogen-bond acceptors (Lipinski definition) is 6. The molecule has 0 amide bonds. The van der Waals surface area contributed by atoms with Gasteiger partial charge < -0.3 is 9.80 Å². The van der Waals surface area contributed by atoms with Gasteiger partial charge in [-0.1, -0.05) is 0 Å². The van der Waals surface area contributed by atoms with Crippen LogP contribution in [0.4, 0.5) is 11.8 Å². The van der Waals surface area contributed by atoms with E-state index in [2.05, 4.69) is 48.2 Å². The van der Waals surface area contributed by atoms with E-state index in [0.717, 1.165) is 35.3 Å². The van der Waals surface area contributed by atoms with Crippen LogP contribution in [0.15, 0.2) is 10.7 Å². The summed E-state index contributed by atoms with van der Waals surface area (Å²) >= 11 is 3.55. The molecule has 20 heavy (non-hydrogen) atoms. The molecule has 0 radical (unpaired) electrons. The molecule has 2 fully saturated rings. The second-order valence-electron chi connectivity index (χ2n) is 5.69. The smallest absolute Gasteiger partial charge is 0.239 e. The van der Waals surface area contributed by atoms with E-state index in [4.69, 9.17) is 5.84 Å². The van der Waals surface area contributed by atoms with Gasteiger partial charge in [-0.3, -0.25) is 5.43 Å². The van der Waals surface area contributed by atoms with Crippen LogP contribution in [-0.2, 0) is 0 Å². The van der Waals surface area contributed by atoms with Crippen LogP contribution >= 0.6 is 15.9 Å². The summed E-state index contributed by atoms with van der Waals surface area (Å²) < 4.78 is 0.930. The molecule has 6 nitrogen and oxygen atoms in total. The Labute approximate surface area is 127 Å². The second-order valence-corrected chi connectivity index (χ2v) is 6.55. The largest absolute Gasteiger partial charge is 0.355 e. The van der Waals surface area contributed by atoms with E-state index in [1.807, 2.05) is 0 Å². The molecule has 0 aliphatic carbocycles. The third kappa shape index (κ3) is 2.62. The summed E-state index contributed by atoms with van der Waals surface area (Å²) in [5.41, 5.74) is 2.52. The number of piperidine rings is 2. The summed E-state index contributed by atoms with van der Waals surface area (Å²) in [6, 6.07) is 0.729. The van der Waals surface area contributed by atoms with Crippen molar-refractivity contribution in [1.82, 2.24) is 14.9 Å². The first-order valence-electron chi connectivity index (χ1n) is 7.13. The van der Waals surface area contributed by atoms with E-state index in [9.17, 15) is 0 Å². The highest BCUT2D eigenvalue weighted by Gasteiger charge is 2.35. The highest BCUT2D eigenvalue weighted by atomic mass is 79.9. The Kier molecular flexibility index (Phi) is 4.09. The van der Waals surface area contributed by atoms with Gasteiger partial charge in [0.25, 0.3) is 0 Å². The SMILES string of the molecule is CN1CCCC2CN(c3nc(NN)ncc3Br)CCC21. The molecule has 0 bridgehead atoms. The maximum atomic E-state index is 5.41. The quantitative estimate of drug-likeness (QED) is 0.627. The molecule has 3 N–H and O–H groups in total. The topological polar surface area (TPSA) is 70.3 Å². The zero-order valence-corrected chi connectivity index (χ0v) is 13.3. The molecule has 2 aliphatic heterocycles. The average molecular weight is 341 g/mol. The van der Waals surface area contributed by atoms with E-state index in [0.29, 0.717) is 5.95 Å². The van der Waals surface area contributed by atoms with Crippen molar-refractivity contribution >= 4 is 27.7 Å². The van der Waals surface area contributed by atoms with Gasteiger partial charge in [0.1, 0.15) is 5.82 Å². The number of nitrogens with one attached hydrogen (secondary N) is 1. The Morgan fingerprint density at radius 2 is 2.25 bits per heavy atom. The van der Waals surface area contributed by atoms with E-state index in [1.165, 1.54) is 25.8 Å². The Bertz CT molecular complexity index is 482. The van der Waals surface area contributed by atoms with Crippen LogP contribution in [0.5, 0.6) is 0 Å². The maximum absolute atomic E-state index is 5.41. The zero-order valence-electron chi connectivity index (χ0n) is 11.7. The number of nitrogen functional groups attached to an aromatic ring is 1. The molecular formula is C13H21BrN6. The lowest BCUT2D eigenvalue weighted by Gasteiger charge is -2.46. The molecule has 7 heteroatoms. The Morgan fingerprint density at radius 3 is 3.05 bits per heavy atom. The van der Waals surface area contributed by atoms with Crippen LogP contribution in [-0.4, -0.2) is 47.6 Å². The standard InChI is InChI=1S/C13H21BrN6/c1-19-5-2-3-9-8-20(6-4-11(9)19)12-10(14)7-16-13(17-12)18-15/h7,9,11H,2-6,8,15H2,1H3,(H,16,17,18). The number of hydrazine groups is 1. The van der Waals surface area contributed by atoms with Crippen LogP contribution in [0.25, 0.3) is 0 Å². The normalized spacial score (nSPS) is 27.2. The summed E-state index contributed by atoms with van der Waals surface area (Å²) in [6.45, 7) is 3.33. The molecule has 2 atom stereocenters. The molecule has 1 aromatic rings. The number of rotatable bonds is 2. The average Bonchev–Trinajstić information content (AvgIpc) is 2.48. The zero-order chi connectivity index (χ0) is 14.1. The van der Waals surface area contributed by atoms with Crippen molar-refractivity contribution < 1.29 is 0 Å². The Balaban J connectivity index is 1.79. The first-order chi connectivity index (χ1) is 9.69. The summed E-state index contributed by atoms with van der Waals surface area (Å²) in [5, 5.41) is 0. The molecule has 0 aromatic carbocycles. The number of halogens is 1. The summed E-state index contributed by atoms with van der Waals surface area (Å²) in [7, 11) is 2.25. The Hall–Kier alpha value is -0.920. The number of anilines is 2. The lowest BCUT2D eigenvalue weighted by atomic mass is 9.84. The molecule has 1 aromatic heterocycles. The minimum atomic E-state index is 0.464. The van der Waals surface area contributed by atoms with Gasteiger partial charge in [-0.2, -0.15) is 4.98 Å². The lowest BCUT2D eigenvalue weighted by Crippen LogP contribution is -2.53. The fourth-order valence-electron chi connectivity index (χ4n) is 3.49. The maximum Gasteiger partial charge on any atom is 0.239 e. The van der Waals surface area contributed by atoms with E-state index >= 15 is 0 Å². The fourth-order valence-corrected chi connectivity index (χ4v) is 3.94. The van der Waals surface area contributed by atoms with Crippen molar-refractivity contribution in [3.8, 4) is 0 Å². The highest BCUT2D eigenvalue weighted by molar-refractivity contribution is 9.10. The second kappa shape index (κ2) is 5.83. The number of hydrogen-bond donors (Lipinski definition) is 2. The van der Waals surface area contributed by atoms with Crippen LogP contribution < -0.4 is 16.2 Å². The number of aromatic nitrogens is 2. The van der Waals surface area contributed by atoms with Crippen molar-refractivity contribution in [3.05, 3.63) is 10.7 Å². The van der Waals surface area contributed by atoms with Gasteiger partial charge >= 0.3 is 0 Å². The molecule has 2 saturated heterocycles. The van der Waals surface area contributed by atoms with Crippen molar-refractivity contribution in [2.45, 2.75) is 25.3 Å². The van der Waals surface area contributed by atoms with Gasteiger partial charge in [-0.25, -0.2) is 10.8 Å². The monoisotopic (exact) mass is 340 g/mol. The van der Waals surface area contributed by atoms with Crippen LogP contribution in [0.1, 0.15) is 19.3 Å². The predicted molar refractivity (Wildman–Crippen MR) is 83.5 cm³/mol. The lowest BCUT2D eigenvalue weighted by molar-refractivity contribution is 0.102. The number of likely N-dealkylation sites (tertiary alicyclic amines) is 1. The van der Waals surface area contributed by atoms with Crippen molar-refractivity contribution in [2.75, 3.05) is 37.0 Å². The van der Waals surface area contributed by atoms with Gasteiger partial charge in [-0.15, -0.1) is 0 Å². The molecule has 110 valence electrons. The van der Waals surface area contributed by atoms with E-state index in [1.54, 1.807) is 6.20 Å². The molecule has 3 heterocycles. The third-order valence-corrected chi connectivity index (χ3v) is 5.06.